The summed E-state index contributed by atoms with van der Waals surface area (Å²) in [6.45, 7) is 11.4. The van der Waals surface area contributed by atoms with Crippen LogP contribution in [0.15, 0.2) is 25.3 Å². The predicted octanol–water partition coefficient (Wildman–Crippen LogP) is 0.751. The topological polar surface area (TPSA) is 58.2 Å². The molecule has 102 valence electrons. The Bertz CT molecular complexity index is 312. The zero-order valence-corrected chi connectivity index (χ0v) is 11.7. The molecule has 0 unspecified atom stereocenters. The van der Waals surface area contributed by atoms with Gasteiger partial charge in [-0.25, -0.2) is 4.59 Å². The second-order valence-corrected chi connectivity index (χ2v) is 5.42. The molecule has 0 aromatic heterocycles. The van der Waals surface area contributed by atoms with E-state index in [2.05, 4.69) is 23.9 Å². The van der Waals surface area contributed by atoms with Gasteiger partial charge in [-0.3, -0.25) is 9.59 Å². The molecule has 0 aliphatic heterocycles. The molecule has 18 heavy (non-hydrogen) atoms. The highest BCUT2D eigenvalue weighted by molar-refractivity contribution is 5.87. The van der Waals surface area contributed by atoms with Crippen LogP contribution in [0.4, 0.5) is 0 Å². The van der Waals surface area contributed by atoms with Crippen molar-refractivity contribution in [1.29, 1.82) is 0 Å². The lowest BCUT2D eigenvalue weighted by atomic mass is 10.0. The maximum atomic E-state index is 11.3. The number of carbonyl (C=O) groups is 2. The smallest absolute Gasteiger partial charge is 0.288 e. The first-order chi connectivity index (χ1) is 8.12. The summed E-state index contributed by atoms with van der Waals surface area (Å²) in [6.07, 6.45) is 3.21. The molecule has 0 saturated carbocycles. The molecule has 0 aliphatic carbocycles. The molecule has 0 spiro atoms. The van der Waals surface area contributed by atoms with Gasteiger partial charge in [-0.15, -0.1) is 0 Å². The maximum absolute atomic E-state index is 11.3. The second kappa shape index (κ2) is 6.35. The Morgan fingerprint density at radius 2 is 1.67 bits per heavy atom. The molecule has 0 radical (unpaired) electrons. The van der Waals surface area contributed by atoms with Crippen LogP contribution in [0.2, 0.25) is 0 Å². The molecule has 0 bridgehead atoms. The van der Waals surface area contributed by atoms with E-state index in [1.807, 2.05) is 27.9 Å². The molecule has 5 heteroatoms. The molecule has 0 rings (SSSR count). The molecule has 0 atom stereocenters. The fourth-order valence-electron chi connectivity index (χ4n) is 1.41. The van der Waals surface area contributed by atoms with Crippen molar-refractivity contribution >= 4 is 11.8 Å². The summed E-state index contributed by atoms with van der Waals surface area (Å²) in [5.41, 5.74) is 2.45. The van der Waals surface area contributed by atoms with Crippen LogP contribution < -0.4 is 10.7 Å². The first-order valence-electron chi connectivity index (χ1n) is 5.84. The number of hydrogen-bond acceptors (Lipinski definition) is 2. The van der Waals surface area contributed by atoms with Gasteiger partial charge in [0, 0.05) is 18.0 Å². The Kier molecular flexibility index (Phi) is 5.78. The minimum absolute atomic E-state index is 0.194. The normalized spacial score (nSPS) is 11.6. The largest absolute Gasteiger partial charge is 0.347 e. The van der Waals surface area contributed by atoms with Crippen LogP contribution in [0, 0.1) is 0 Å². The lowest BCUT2D eigenvalue weighted by molar-refractivity contribution is -0.925. The van der Waals surface area contributed by atoms with E-state index in [0.717, 1.165) is 6.42 Å². The first-order valence-corrected chi connectivity index (χ1v) is 5.84. The number of nitrogens with zero attached hydrogens (tertiary/aromatic N) is 1. The molecule has 0 aromatic carbocycles. The molecule has 5 nitrogen and oxygen atoms in total. The van der Waals surface area contributed by atoms with Crippen molar-refractivity contribution in [3.8, 4) is 0 Å². The van der Waals surface area contributed by atoms with Crippen LogP contribution in [0.25, 0.3) is 0 Å². The number of nitrogens with one attached hydrogen (secondary N) is 2. The third-order valence-corrected chi connectivity index (χ3v) is 2.54. The van der Waals surface area contributed by atoms with Gasteiger partial charge in [-0.05, 0) is 19.9 Å². The Labute approximate surface area is 109 Å². The van der Waals surface area contributed by atoms with Crippen LogP contribution in [0.1, 0.15) is 20.3 Å². The minimum Gasteiger partial charge on any atom is -0.347 e. The average Bonchev–Trinajstić information content (AvgIpc) is 2.25. The lowest BCUT2D eigenvalue weighted by Gasteiger charge is -2.33. The number of hydrogen-bond donors (Lipinski definition) is 2. The van der Waals surface area contributed by atoms with Crippen LogP contribution >= 0.6 is 0 Å². The van der Waals surface area contributed by atoms with Gasteiger partial charge in [-0.1, -0.05) is 13.2 Å². The SMILES string of the molecule is C=CC(=O)NC(C)(C)CC[N+](C)(C)NC(=O)C=C. The summed E-state index contributed by atoms with van der Waals surface area (Å²) < 4.78 is 0.332. The van der Waals surface area contributed by atoms with Gasteiger partial charge >= 0.3 is 0 Å². The number of amides is 2. The third-order valence-electron chi connectivity index (χ3n) is 2.54. The van der Waals surface area contributed by atoms with Crippen LogP contribution in [0.3, 0.4) is 0 Å². The zero-order valence-electron chi connectivity index (χ0n) is 11.7. The van der Waals surface area contributed by atoms with E-state index in [1.54, 1.807) is 0 Å². The molecule has 0 heterocycles. The molecule has 0 saturated heterocycles. The van der Waals surface area contributed by atoms with Gasteiger partial charge in [0.1, 0.15) is 6.54 Å². The Morgan fingerprint density at radius 3 is 2.11 bits per heavy atom. The first kappa shape index (κ1) is 16.4. The number of rotatable bonds is 7. The summed E-state index contributed by atoms with van der Waals surface area (Å²) in [5.74, 6) is -0.409. The number of quaternary nitrogens is 1. The van der Waals surface area contributed by atoms with Crippen LogP contribution in [0.5, 0.6) is 0 Å². The second-order valence-electron chi connectivity index (χ2n) is 5.42. The molecule has 2 amide bonds. The fourth-order valence-corrected chi connectivity index (χ4v) is 1.41. The number of carbonyl (C=O) groups excluding carboxylic acids is 2. The van der Waals surface area contributed by atoms with Crippen molar-refractivity contribution in [2.45, 2.75) is 25.8 Å². The van der Waals surface area contributed by atoms with Gasteiger partial charge in [0.25, 0.3) is 5.91 Å². The third kappa shape index (κ3) is 6.85. The van der Waals surface area contributed by atoms with Crippen molar-refractivity contribution in [1.82, 2.24) is 10.7 Å². The maximum Gasteiger partial charge on any atom is 0.288 e. The minimum atomic E-state index is -0.348. The van der Waals surface area contributed by atoms with Gasteiger partial charge in [0.05, 0.1) is 14.1 Å². The highest BCUT2D eigenvalue weighted by Gasteiger charge is 2.25. The summed E-state index contributed by atoms with van der Waals surface area (Å²) in [7, 11) is 3.76. The van der Waals surface area contributed by atoms with Crippen molar-refractivity contribution < 1.29 is 14.2 Å². The highest BCUT2D eigenvalue weighted by Crippen LogP contribution is 2.10. The molecular weight excluding hydrogens is 230 g/mol. The van der Waals surface area contributed by atoms with E-state index in [-0.39, 0.29) is 17.4 Å². The van der Waals surface area contributed by atoms with E-state index in [0.29, 0.717) is 11.1 Å². The molecular formula is C13H24N3O2+. The summed E-state index contributed by atoms with van der Waals surface area (Å²) in [5, 5.41) is 2.85. The van der Waals surface area contributed by atoms with E-state index >= 15 is 0 Å². The van der Waals surface area contributed by atoms with Crippen LogP contribution in [-0.2, 0) is 9.59 Å². The van der Waals surface area contributed by atoms with Crippen molar-refractivity contribution in [3.05, 3.63) is 25.3 Å². The predicted molar refractivity (Wildman–Crippen MR) is 72.4 cm³/mol. The lowest BCUT2D eigenvalue weighted by Crippen LogP contribution is -2.56. The molecule has 2 N–H and O–H groups in total. The van der Waals surface area contributed by atoms with Gasteiger partial charge in [-0.2, -0.15) is 5.43 Å². The summed E-state index contributed by atoms with van der Waals surface area (Å²) in [4.78, 5) is 22.5. The Balaban J connectivity index is 4.36. The fraction of sp³-hybridized carbons (Fsp3) is 0.538. The molecule has 0 aliphatic rings. The van der Waals surface area contributed by atoms with Gasteiger partial charge in [0.2, 0.25) is 5.91 Å². The summed E-state index contributed by atoms with van der Waals surface area (Å²) in [6, 6.07) is 0. The van der Waals surface area contributed by atoms with Crippen molar-refractivity contribution in [3.63, 3.8) is 0 Å². The van der Waals surface area contributed by atoms with Gasteiger partial charge < -0.3 is 5.32 Å². The highest BCUT2D eigenvalue weighted by atomic mass is 16.2. The average molecular weight is 254 g/mol. The zero-order chi connectivity index (χ0) is 14.4. The summed E-state index contributed by atoms with van der Waals surface area (Å²) >= 11 is 0. The molecule has 0 aromatic rings. The van der Waals surface area contributed by atoms with E-state index in [9.17, 15) is 9.59 Å². The Morgan fingerprint density at radius 1 is 1.17 bits per heavy atom. The van der Waals surface area contributed by atoms with E-state index in [4.69, 9.17) is 0 Å². The van der Waals surface area contributed by atoms with Gasteiger partial charge in [0.15, 0.2) is 0 Å². The van der Waals surface area contributed by atoms with Crippen molar-refractivity contribution in [2.24, 2.45) is 0 Å². The van der Waals surface area contributed by atoms with Crippen molar-refractivity contribution in [2.75, 3.05) is 20.6 Å². The monoisotopic (exact) mass is 254 g/mol. The standard InChI is InChI=1S/C13H23N3O2/c1-7-11(17)14-13(3,4)9-10-16(5,6)15-12(18)8-2/h7-8H,1-2,9-10H2,3-6H3,(H-,14,15,17,18)/p+1. The van der Waals surface area contributed by atoms with E-state index < -0.39 is 0 Å². The Hall–Kier alpha value is -1.62. The van der Waals surface area contributed by atoms with Crippen LogP contribution in [-0.4, -0.2) is 42.6 Å². The van der Waals surface area contributed by atoms with E-state index in [1.165, 1.54) is 12.2 Å². The molecule has 0 fully saturated rings. The quantitative estimate of drug-likeness (QED) is 0.400.